The number of amides is 1. The van der Waals surface area contributed by atoms with Crippen LogP contribution >= 0.6 is 0 Å². The second kappa shape index (κ2) is 11.1. The van der Waals surface area contributed by atoms with Crippen molar-refractivity contribution in [2.75, 3.05) is 13.1 Å². The summed E-state index contributed by atoms with van der Waals surface area (Å²) >= 11 is 0. The van der Waals surface area contributed by atoms with Gasteiger partial charge in [0, 0.05) is 13.0 Å². The summed E-state index contributed by atoms with van der Waals surface area (Å²) in [6, 6.07) is 17.8. The van der Waals surface area contributed by atoms with Crippen LogP contribution in [-0.4, -0.2) is 58.8 Å². The van der Waals surface area contributed by atoms with E-state index in [1.807, 2.05) is 6.07 Å². The van der Waals surface area contributed by atoms with Crippen molar-refractivity contribution in [3.63, 3.8) is 0 Å². The number of ketones is 1. The van der Waals surface area contributed by atoms with Crippen LogP contribution in [0.2, 0.25) is 0 Å². The van der Waals surface area contributed by atoms with Gasteiger partial charge in [-0.1, -0.05) is 73.5 Å². The van der Waals surface area contributed by atoms with E-state index < -0.39 is 41.1 Å². The molecule has 10 heteroatoms. The van der Waals surface area contributed by atoms with Crippen LogP contribution in [0.5, 0.6) is 0 Å². The molecule has 0 aromatic heterocycles. The summed E-state index contributed by atoms with van der Waals surface area (Å²) in [5.74, 6) is -3.44. The van der Waals surface area contributed by atoms with Gasteiger partial charge in [0.05, 0.1) is 6.54 Å². The van der Waals surface area contributed by atoms with Gasteiger partial charge in [-0.3, -0.25) is 9.59 Å². The number of carbonyl (C=O) groups is 3. The first-order valence-corrected chi connectivity index (χ1v) is 12.6. The molecule has 204 valence electrons. The maximum Gasteiger partial charge on any atom is 0.451 e. The number of likely N-dealkylation sites (tertiary alicyclic amines) is 1. The maximum atomic E-state index is 13.4. The number of ether oxygens (including phenoxy) is 2. The fraction of sp³-hybridized carbons (Fsp3) is 0.464. The lowest BCUT2D eigenvalue weighted by atomic mass is 9.80. The Morgan fingerprint density at radius 1 is 0.921 bits per heavy atom. The highest BCUT2D eigenvalue weighted by Crippen LogP contribution is 2.45. The third-order valence-electron chi connectivity index (χ3n) is 7.41. The van der Waals surface area contributed by atoms with Crippen LogP contribution in [-0.2, 0) is 32.1 Å². The molecule has 1 aliphatic heterocycles. The lowest BCUT2D eigenvalue weighted by molar-refractivity contribution is -0.200. The zero-order valence-electron chi connectivity index (χ0n) is 20.8. The van der Waals surface area contributed by atoms with Gasteiger partial charge in [-0.2, -0.15) is 13.2 Å². The van der Waals surface area contributed by atoms with Crippen LogP contribution in [0.3, 0.4) is 0 Å². The molecule has 1 N–H and O–H groups in total. The van der Waals surface area contributed by atoms with Crippen molar-refractivity contribution in [2.45, 2.75) is 63.0 Å². The lowest BCUT2D eigenvalue weighted by Crippen LogP contribution is -2.60. The molecule has 2 aromatic carbocycles. The van der Waals surface area contributed by atoms with Crippen molar-refractivity contribution in [3.05, 3.63) is 71.8 Å². The molecule has 1 heterocycles. The summed E-state index contributed by atoms with van der Waals surface area (Å²) in [7, 11) is 0. The molecule has 7 nitrogen and oxygen atoms in total. The van der Waals surface area contributed by atoms with Crippen LogP contribution in [0.15, 0.2) is 60.7 Å². The van der Waals surface area contributed by atoms with E-state index >= 15 is 0 Å². The molecule has 1 aliphatic carbocycles. The molecule has 1 saturated heterocycles. The van der Waals surface area contributed by atoms with Gasteiger partial charge >= 0.3 is 18.2 Å². The number of rotatable bonds is 7. The van der Waals surface area contributed by atoms with Crippen LogP contribution in [0.4, 0.5) is 18.0 Å². The van der Waals surface area contributed by atoms with Crippen LogP contribution in [0.1, 0.15) is 43.2 Å². The quantitative estimate of drug-likeness (QED) is 0.413. The largest absolute Gasteiger partial charge is 0.457 e. The number of hydrogen-bond donors (Lipinski definition) is 1. The summed E-state index contributed by atoms with van der Waals surface area (Å²) in [5.41, 5.74) is -2.54. The van der Waals surface area contributed by atoms with Gasteiger partial charge in [-0.25, -0.2) is 4.79 Å². The second-order valence-electron chi connectivity index (χ2n) is 10.0. The smallest absolute Gasteiger partial charge is 0.451 e. The van der Waals surface area contributed by atoms with Crippen molar-refractivity contribution in [3.8, 4) is 0 Å². The number of hydrogen-bond acceptors (Lipinski definition) is 6. The van der Waals surface area contributed by atoms with Gasteiger partial charge in [0.15, 0.2) is 0 Å². The topological polar surface area (TPSA) is 93.1 Å². The number of aliphatic hydroxyl groups is 1. The van der Waals surface area contributed by atoms with E-state index in [9.17, 15) is 32.7 Å². The first-order chi connectivity index (χ1) is 18.0. The normalized spacial score (nSPS) is 23.1. The molecule has 0 radical (unpaired) electrons. The summed E-state index contributed by atoms with van der Waals surface area (Å²) in [6.07, 6.45) is -7.27. The molecule has 2 fully saturated rings. The van der Waals surface area contributed by atoms with Crippen LogP contribution in [0.25, 0.3) is 0 Å². The molecule has 0 spiro atoms. The predicted molar refractivity (Wildman–Crippen MR) is 130 cm³/mol. The fourth-order valence-electron chi connectivity index (χ4n) is 5.24. The molecular formula is C28H30F3NO6. The van der Waals surface area contributed by atoms with Gasteiger partial charge in [-0.05, 0) is 30.4 Å². The maximum absolute atomic E-state index is 13.4. The van der Waals surface area contributed by atoms with Gasteiger partial charge < -0.3 is 19.5 Å². The minimum Gasteiger partial charge on any atom is -0.457 e. The van der Waals surface area contributed by atoms with E-state index in [0.29, 0.717) is 0 Å². The molecule has 38 heavy (non-hydrogen) atoms. The van der Waals surface area contributed by atoms with E-state index in [1.165, 1.54) is 4.90 Å². The Labute approximate surface area is 218 Å². The van der Waals surface area contributed by atoms with Crippen molar-refractivity contribution < 1.29 is 42.1 Å². The van der Waals surface area contributed by atoms with Crippen molar-refractivity contribution in [1.82, 2.24) is 4.90 Å². The Balaban J connectivity index is 1.55. The first kappa shape index (κ1) is 27.6. The lowest BCUT2D eigenvalue weighted by Gasteiger charge is -2.44. The standard InChI is InChI=1S/C28H30F3NO6/c29-28(30,31)23(33)26(13-7-8-14-26)24(34)38-22-18-32(25(35)37-19-21-11-5-2-6-12-21)16-15-27(22,36)17-20-9-3-1-4-10-20/h1-6,9-12,22,36H,7-8,13-19H2. The summed E-state index contributed by atoms with van der Waals surface area (Å²) in [6.45, 7) is -0.214. The fourth-order valence-corrected chi connectivity index (χ4v) is 5.24. The third-order valence-corrected chi connectivity index (χ3v) is 7.41. The monoisotopic (exact) mass is 533 g/mol. The number of benzene rings is 2. The van der Waals surface area contributed by atoms with Crippen LogP contribution < -0.4 is 0 Å². The molecule has 2 aromatic rings. The highest BCUT2D eigenvalue weighted by molar-refractivity contribution is 6.06. The highest BCUT2D eigenvalue weighted by Gasteiger charge is 2.60. The van der Waals surface area contributed by atoms with Crippen molar-refractivity contribution in [1.29, 1.82) is 0 Å². The Bertz CT molecular complexity index is 1130. The number of Topliss-reactive ketones (excluding diaryl/α,β-unsaturated/α-hetero) is 1. The molecule has 2 atom stereocenters. The highest BCUT2D eigenvalue weighted by atomic mass is 19.4. The Hall–Kier alpha value is -3.40. The molecular weight excluding hydrogens is 503 g/mol. The van der Waals surface area contributed by atoms with Crippen molar-refractivity contribution in [2.24, 2.45) is 5.41 Å². The Morgan fingerprint density at radius 3 is 2.08 bits per heavy atom. The minimum absolute atomic E-state index is 0.00188. The minimum atomic E-state index is -5.20. The first-order valence-electron chi connectivity index (χ1n) is 12.6. The second-order valence-corrected chi connectivity index (χ2v) is 10.0. The summed E-state index contributed by atoms with van der Waals surface area (Å²) < 4.78 is 51.3. The molecule has 4 rings (SSSR count). The van der Waals surface area contributed by atoms with Gasteiger partial charge in [0.1, 0.15) is 23.7 Å². The van der Waals surface area contributed by atoms with Crippen LogP contribution in [0, 0.1) is 5.41 Å². The van der Waals surface area contributed by atoms with E-state index in [2.05, 4.69) is 0 Å². The van der Waals surface area contributed by atoms with E-state index in [4.69, 9.17) is 9.47 Å². The molecule has 2 aliphatic rings. The average Bonchev–Trinajstić information content (AvgIpc) is 3.40. The number of nitrogens with zero attached hydrogens (tertiary/aromatic N) is 1. The van der Waals surface area contributed by atoms with E-state index in [-0.39, 0.29) is 58.2 Å². The molecule has 1 amide bonds. The number of piperidine rings is 1. The number of carbonyl (C=O) groups excluding carboxylic acids is 3. The van der Waals surface area contributed by atoms with Gasteiger partial charge in [0.2, 0.25) is 0 Å². The summed E-state index contributed by atoms with van der Waals surface area (Å²) in [4.78, 5) is 39.7. The average molecular weight is 534 g/mol. The Morgan fingerprint density at radius 2 is 1.50 bits per heavy atom. The number of halogens is 3. The number of esters is 1. The van der Waals surface area contributed by atoms with Gasteiger partial charge in [0.25, 0.3) is 5.78 Å². The molecule has 0 bridgehead atoms. The van der Waals surface area contributed by atoms with E-state index in [1.54, 1.807) is 54.6 Å². The SMILES string of the molecule is O=C(OCc1ccccc1)N1CCC(O)(Cc2ccccc2)C(OC(=O)C2(C(=O)C(F)(F)F)CCCC2)C1. The van der Waals surface area contributed by atoms with Crippen molar-refractivity contribution >= 4 is 17.8 Å². The number of alkyl halides is 3. The predicted octanol–water partition coefficient (Wildman–Crippen LogP) is 4.61. The van der Waals surface area contributed by atoms with E-state index in [0.717, 1.165) is 11.1 Å². The Kier molecular flexibility index (Phi) is 8.10. The molecule has 2 unspecified atom stereocenters. The molecule has 1 saturated carbocycles. The zero-order chi connectivity index (χ0) is 27.4. The zero-order valence-corrected chi connectivity index (χ0v) is 20.8. The summed E-state index contributed by atoms with van der Waals surface area (Å²) in [5, 5.41) is 11.6. The third kappa shape index (κ3) is 6.01. The van der Waals surface area contributed by atoms with Gasteiger partial charge in [-0.15, -0.1) is 0 Å².